The highest BCUT2D eigenvalue weighted by Gasteiger charge is 2.74. The fraction of sp³-hybridized carbons (Fsp3) is 0.692. The predicted octanol–water partition coefficient (Wildman–Crippen LogP) is 3.89. The maximum Gasteiger partial charge on any atom is 0.509 e. The summed E-state index contributed by atoms with van der Waals surface area (Å²) < 4.78 is 20.2. The second-order valence-electron chi connectivity index (χ2n) is 10.6. The lowest BCUT2D eigenvalue weighted by molar-refractivity contribution is -0.179. The molecule has 0 heterocycles. The Morgan fingerprint density at radius 2 is 1.86 bits per heavy atom. The number of carbonyl (C=O) groups excluding carboxylic acids is 4. The zero-order valence-electron chi connectivity index (χ0n) is 21.0. The van der Waals surface area contributed by atoms with Crippen LogP contribution in [0.5, 0.6) is 0 Å². The lowest BCUT2D eigenvalue weighted by Crippen LogP contribution is -2.69. The number of ketones is 2. The molecule has 0 amide bonds. The highest BCUT2D eigenvalue weighted by Crippen LogP contribution is 2.71. The van der Waals surface area contributed by atoms with Crippen LogP contribution in [-0.4, -0.2) is 65.9 Å². The number of aliphatic hydroxyl groups is 1. The quantitative estimate of drug-likeness (QED) is 0.421. The first-order chi connectivity index (χ1) is 16.9. The highest BCUT2D eigenvalue weighted by atomic mass is 35.5. The first-order valence-electron chi connectivity index (χ1n) is 12.3. The number of hydrogen-bond donors (Lipinski definition) is 1. The Balaban J connectivity index is 1.75. The number of hydrogen-bond acceptors (Lipinski definition) is 9. The molecule has 1 unspecified atom stereocenters. The molecular weight excluding hydrogens is 492 g/mol. The number of carbonyl (C=O) groups is 4. The van der Waals surface area contributed by atoms with Crippen molar-refractivity contribution in [3.63, 3.8) is 0 Å². The summed E-state index contributed by atoms with van der Waals surface area (Å²) in [7, 11) is 1.13. The van der Waals surface area contributed by atoms with Crippen molar-refractivity contribution in [1.29, 1.82) is 0 Å². The van der Waals surface area contributed by atoms with Crippen molar-refractivity contribution in [2.24, 2.45) is 22.7 Å². The fourth-order valence-corrected chi connectivity index (χ4v) is 7.99. The molecule has 3 saturated carbocycles. The van der Waals surface area contributed by atoms with Gasteiger partial charge in [0.2, 0.25) is 5.78 Å². The van der Waals surface area contributed by atoms with E-state index in [1.807, 2.05) is 13.8 Å². The molecular formula is C26H33ClO9. The second-order valence-corrected chi connectivity index (χ2v) is 11.2. The van der Waals surface area contributed by atoms with Gasteiger partial charge in [0.1, 0.15) is 0 Å². The van der Waals surface area contributed by atoms with Gasteiger partial charge in [0, 0.05) is 10.8 Å². The lowest BCUT2D eigenvalue weighted by atomic mass is 9.45. The van der Waals surface area contributed by atoms with E-state index in [0.717, 1.165) is 12.7 Å². The van der Waals surface area contributed by atoms with E-state index in [1.54, 1.807) is 19.1 Å². The van der Waals surface area contributed by atoms with Crippen molar-refractivity contribution in [1.82, 2.24) is 0 Å². The molecule has 7 atom stereocenters. The Kier molecular flexibility index (Phi) is 6.79. The molecule has 10 heteroatoms. The van der Waals surface area contributed by atoms with Gasteiger partial charge in [-0.15, -0.1) is 11.6 Å². The largest absolute Gasteiger partial charge is 0.509 e. The first kappa shape index (κ1) is 26.7. The normalized spacial score (nSPS) is 40.8. The van der Waals surface area contributed by atoms with Gasteiger partial charge in [-0.05, 0) is 63.0 Å². The molecule has 0 radical (unpaired) electrons. The van der Waals surface area contributed by atoms with E-state index in [-0.39, 0.29) is 37.1 Å². The zero-order chi connectivity index (χ0) is 26.5. The summed E-state index contributed by atoms with van der Waals surface area (Å²) in [6.45, 7) is 4.79. The molecule has 0 saturated heterocycles. The number of ether oxygens (including phenoxy) is 4. The van der Waals surface area contributed by atoms with Crippen molar-refractivity contribution in [3.05, 3.63) is 23.8 Å². The molecule has 3 fully saturated rings. The number of rotatable bonds is 5. The number of alkyl halides is 1. The summed E-state index contributed by atoms with van der Waals surface area (Å²) in [5, 5.41) is 11.7. The van der Waals surface area contributed by atoms with Gasteiger partial charge < -0.3 is 24.1 Å². The van der Waals surface area contributed by atoms with E-state index in [0.29, 0.717) is 19.3 Å². The van der Waals surface area contributed by atoms with E-state index in [4.69, 9.17) is 25.8 Å². The molecule has 0 aliphatic heterocycles. The SMILES string of the molecule is CCOC(=O)O[C@]1(C(=O)COC(=O)OC)CC[C@H]2[C@@H]3CCC4=CC(=O)C=C[C@]4(C)[C@@]3(Cl)C(O)C[C@@]21C. The van der Waals surface area contributed by atoms with Gasteiger partial charge in [-0.3, -0.25) is 9.59 Å². The molecule has 4 aliphatic rings. The van der Waals surface area contributed by atoms with Crippen LogP contribution in [0.1, 0.15) is 52.9 Å². The van der Waals surface area contributed by atoms with Crippen molar-refractivity contribution in [3.8, 4) is 0 Å². The Hall–Kier alpha value is -2.39. The fourth-order valence-electron chi connectivity index (χ4n) is 7.47. The zero-order valence-corrected chi connectivity index (χ0v) is 21.8. The molecule has 4 rings (SSSR count). The molecule has 198 valence electrons. The molecule has 36 heavy (non-hydrogen) atoms. The Labute approximate surface area is 215 Å². The Morgan fingerprint density at radius 1 is 1.14 bits per heavy atom. The first-order valence-corrected chi connectivity index (χ1v) is 12.7. The van der Waals surface area contributed by atoms with Crippen LogP contribution in [0.3, 0.4) is 0 Å². The monoisotopic (exact) mass is 524 g/mol. The van der Waals surface area contributed by atoms with Crippen molar-refractivity contribution in [2.75, 3.05) is 20.3 Å². The topological polar surface area (TPSA) is 125 Å². The summed E-state index contributed by atoms with van der Waals surface area (Å²) in [5.41, 5.74) is -2.56. The van der Waals surface area contributed by atoms with Crippen LogP contribution < -0.4 is 0 Å². The van der Waals surface area contributed by atoms with Crippen LogP contribution in [0, 0.1) is 22.7 Å². The van der Waals surface area contributed by atoms with Gasteiger partial charge in [-0.2, -0.15) is 0 Å². The third-order valence-corrected chi connectivity index (χ3v) is 10.1. The number of halogens is 1. The minimum Gasteiger partial charge on any atom is -0.438 e. The average Bonchev–Trinajstić information content (AvgIpc) is 3.11. The van der Waals surface area contributed by atoms with Crippen molar-refractivity contribution in [2.45, 2.75) is 69.5 Å². The van der Waals surface area contributed by atoms with Gasteiger partial charge in [0.25, 0.3) is 0 Å². The molecule has 0 spiro atoms. The summed E-state index contributed by atoms with van der Waals surface area (Å²) >= 11 is 7.41. The minimum absolute atomic E-state index is 0.0521. The summed E-state index contributed by atoms with van der Waals surface area (Å²) in [6.07, 6.45) is 3.73. The average molecular weight is 525 g/mol. The Morgan fingerprint density at radius 3 is 2.53 bits per heavy atom. The minimum atomic E-state index is -1.69. The molecule has 9 nitrogen and oxygen atoms in total. The summed E-state index contributed by atoms with van der Waals surface area (Å²) in [4.78, 5) is 48.7. The van der Waals surface area contributed by atoms with E-state index in [2.05, 4.69) is 4.74 Å². The lowest BCUT2D eigenvalue weighted by Gasteiger charge is -2.63. The molecule has 0 aromatic heterocycles. The number of allylic oxidation sites excluding steroid dienone is 4. The smallest absolute Gasteiger partial charge is 0.438 e. The van der Waals surface area contributed by atoms with Crippen LogP contribution in [0.25, 0.3) is 0 Å². The van der Waals surface area contributed by atoms with E-state index < -0.39 is 52.1 Å². The van der Waals surface area contributed by atoms with Gasteiger partial charge in [0.15, 0.2) is 18.0 Å². The van der Waals surface area contributed by atoms with Gasteiger partial charge >= 0.3 is 12.3 Å². The van der Waals surface area contributed by atoms with Crippen molar-refractivity contribution < 1.29 is 43.2 Å². The third kappa shape index (κ3) is 3.61. The van der Waals surface area contributed by atoms with E-state index >= 15 is 0 Å². The molecule has 0 bridgehead atoms. The second kappa shape index (κ2) is 9.17. The Bertz CT molecular complexity index is 1040. The van der Waals surface area contributed by atoms with Gasteiger partial charge in [0.05, 0.1) is 24.7 Å². The van der Waals surface area contributed by atoms with Crippen LogP contribution in [0.2, 0.25) is 0 Å². The van der Waals surface area contributed by atoms with E-state index in [9.17, 15) is 24.3 Å². The van der Waals surface area contributed by atoms with Crippen LogP contribution in [0.15, 0.2) is 23.8 Å². The predicted molar refractivity (Wildman–Crippen MR) is 127 cm³/mol. The van der Waals surface area contributed by atoms with Crippen LogP contribution in [-0.2, 0) is 28.5 Å². The number of aliphatic hydroxyl groups excluding tert-OH is 1. The summed E-state index contributed by atoms with van der Waals surface area (Å²) in [5.74, 6) is -1.14. The molecule has 0 aromatic rings. The van der Waals surface area contributed by atoms with Crippen LogP contribution in [0.4, 0.5) is 9.59 Å². The third-order valence-electron chi connectivity index (χ3n) is 9.22. The summed E-state index contributed by atoms with van der Waals surface area (Å²) in [6, 6.07) is 0. The number of methoxy groups -OCH3 is 1. The van der Waals surface area contributed by atoms with Gasteiger partial charge in [-0.25, -0.2) is 9.59 Å². The van der Waals surface area contributed by atoms with Gasteiger partial charge in [-0.1, -0.05) is 25.5 Å². The maximum atomic E-state index is 13.6. The van der Waals surface area contributed by atoms with Crippen LogP contribution >= 0.6 is 11.6 Å². The van der Waals surface area contributed by atoms with Crippen molar-refractivity contribution >= 4 is 35.5 Å². The molecule has 4 aliphatic carbocycles. The number of fused-ring (bicyclic) bond motifs is 5. The maximum absolute atomic E-state index is 13.6. The number of Topliss-reactive ketones (excluding diaryl/α,β-unsaturated/α-hetero) is 1. The molecule has 1 N–H and O–H groups in total. The highest BCUT2D eigenvalue weighted by molar-refractivity contribution is 6.26. The standard InChI is InChI=1S/C26H33ClO9/c1-5-34-22(32)36-25(20(30)14-35-21(31)33-4)11-9-17-18-7-6-15-12-16(28)8-10-23(15,2)26(18,27)19(29)13-24(17,25)3/h8,10,12,17-19,29H,5-7,9,11,13-14H2,1-4H3/t17-,18-,19?,23-,24-,25-,26-/m0/s1. The molecule has 0 aromatic carbocycles. The van der Waals surface area contributed by atoms with E-state index in [1.165, 1.54) is 6.08 Å².